The number of aliphatic imine (C=N–C) groups is 2. The Balaban J connectivity index is 2.54. The number of amides is 1. The first-order valence-corrected chi connectivity index (χ1v) is 11.8. The largest absolute Gasteiger partial charge is 0.505 e. The highest BCUT2D eigenvalue weighted by Crippen LogP contribution is 2.38. The van der Waals surface area contributed by atoms with Crippen LogP contribution in [0, 0.1) is 12.3 Å². The quantitative estimate of drug-likeness (QED) is 0.396. The van der Waals surface area contributed by atoms with Crippen LogP contribution in [0.2, 0.25) is 0 Å². The maximum absolute atomic E-state index is 12.7. The van der Waals surface area contributed by atoms with E-state index in [9.17, 15) is 9.90 Å². The highest BCUT2D eigenvalue weighted by atomic mass is 16.5. The third kappa shape index (κ3) is 6.53. The van der Waals surface area contributed by atoms with Crippen molar-refractivity contribution in [2.45, 2.75) is 54.0 Å². The van der Waals surface area contributed by atoms with E-state index >= 15 is 0 Å². The van der Waals surface area contributed by atoms with E-state index in [1.807, 2.05) is 39.0 Å². The van der Waals surface area contributed by atoms with Crippen LogP contribution in [0.1, 0.15) is 67.7 Å². The number of aromatic hydroxyl groups is 1. The van der Waals surface area contributed by atoms with Crippen molar-refractivity contribution in [1.29, 1.82) is 0 Å². The molecule has 2 rings (SSSR count). The number of nitrogens with zero attached hydrogens (tertiary/aromatic N) is 3. The van der Waals surface area contributed by atoms with E-state index < -0.39 is 0 Å². The predicted octanol–water partition coefficient (Wildman–Crippen LogP) is 4.50. The van der Waals surface area contributed by atoms with Crippen LogP contribution in [0.4, 0.5) is 5.69 Å². The molecule has 0 aromatic heterocycles. The summed E-state index contributed by atoms with van der Waals surface area (Å²) < 4.78 is 5.76. The van der Waals surface area contributed by atoms with Gasteiger partial charge in [0, 0.05) is 14.1 Å². The average Bonchev–Trinajstić information content (AvgIpc) is 2.78. The van der Waals surface area contributed by atoms with Gasteiger partial charge in [0.25, 0.3) is 5.91 Å². The Bertz CT molecular complexity index is 1130. The molecule has 5 N–H and O–H groups in total. The first kappa shape index (κ1) is 27.7. The van der Waals surface area contributed by atoms with Crippen LogP contribution in [0.25, 0.3) is 0 Å². The topological polar surface area (TPSA) is 127 Å². The summed E-state index contributed by atoms with van der Waals surface area (Å²) in [6.45, 7) is 12.6. The summed E-state index contributed by atoms with van der Waals surface area (Å²) in [5, 5.41) is 10.8. The van der Waals surface area contributed by atoms with Crippen molar-refractivity contribution in [2.75, 3.05) is 20.7 Å². The number of nitrogens with two attached hydrogens (primary N) is 2. The van der Waals surface area contributed by atoms with Gasteiger partial charge in [-0.05, 0) is 54.5 Å². The second kappa shape index (κ2) is 11.3. The number of hydrogen-bond acceptors (Lipinski definition) is 5. The molecule has 0 spiro atoms. The summed E-state index contributed by atoms with van der Waals surface area (Å²) >= 11 is 0. The Morgan fingerprint density at radius 2 is 1.77 bits per heavy atom. The Morgan fingerprint density at radius 3 is 2.31 bits per heavy atom. The van der Waals surface area contributed by atoms with Crippen LogP contribution in [-0.4, -0.2) is 48.3 Å². The highest BCUT2D eigenvalue weighted by molar-refractivity contribution is 6.39. The number of ether oxygens (including phenoxy) is 1. The second-order valence-electron chi connectivity index (χ2n) is 9.76. The summed E-state index contributed by atoms with van der Waals surface area (Å²) in [6.07, 6.45) is 0.582. The van der Waals surface area contributed by atoms with E-state index in [1.54, 1.807) is 26.2 Å². The van der Waals surface area contributed by atoms with E-state index in [0.29, 0.717) is 13.0 Å². The molecule has 0 unspecified atom stereocenters. The lowest BCUT2D eigenvalue weighted by Gasteiger charge is -2.28. The van der Waals surface area contributed by atoms with Crippen molar-refractivity contribution < 1.29 is 14.6 Å². The Kier molecular flexibility index (Phi) is 8.90. The molecule has 2 aromatic carbocycles. The molecule has 0 radical (unpaired) electrons. The van der Waals surface area contributed by atoms with E-state index in [4.69, 9.17) is 21.2 Å². The molecule has 0 saturated heterocycles. The number of amidine groups is 2. The summed E-state index contributed by atoms with van der Waals surface area (Å²) in [5.74, 6) is 0.260. The van der Waals surface area contributed by atoms with Crippen LogP contribution in [0.3, 0.4) is 0 Å². The molecule has 1 amide bonds. The molecule has 190 valence electrons. The van der Waals surface area contributed by atoms with Crippen LogP contribution in [0.5, 0.6) is 11.5 Å². The molecule has 0 saturated carbocycles. The molecule has 0 fully saturated rings. The number of aryl methyl sites for hydroxylation is 2. The minimum atomic E-state index is -0.321. The number of benzene rings is 2. The number of hydrogen-bond donors (Lipinski definition) is 3. The minimum absolute atomic E-state index is 0.0424. The zero-order chi connectivity index (χ0) is 26.5. The summed E-state index contributed by atoms with van der Waals surface area (Å²) in [7, 11) is 3.26. The minimum Gasteiger partial charge on any atom is -0.505 e. The smallest absolute Gasteiger partial charge is 0.257 e. The monoisotopic (exact) mass is 481 g/mol. The molecule has 35 heavy (non-hydrogen) atoms. The molecule has 0 aliphatic heterocycles. The van der Waals surface area contributed by atoms with Gasteiger partial charge < -0.3 is 26.2 Å². The Labute approximate surface area is 208 Å². The normalized spacial score (nSPS) is 13.5. The third-order valence-corrected chi connectivity index (χ3v) is 5.66. The van der Waals surface area contributed by atoms with Crippen molar-refractivity contribution in [2.24, 2.45) is 26.9 Å². The van der Waals surface area contributed by atoms with Gasteiger partial charge in [-0.3, -0.25) is 9.79 Å². The van der Waals surface area contributed by atoms with Crippen LogP contribution in [-0.2, 0) is 6.42 Å². The fraction of sp³-hybridized carbons (Fsp3) is 0.444. The number of phenols is 1. The first-order valence-electron chi connectivity index (χ1n) is 11.8. The van der Waals surface area contributed by atoms with E-state index in [-0.39, 0.29) is 46.0 Å². The predicted molar refractivity (Wildman–Crippen MR) is 143 cm³/mol. The maximum Gasteiger partial charge on any atom is 0.257 e. The van der Waals surface area contributed by atoms with Gasteiger partial charge in [-0.2, -0.15) is 0 Å². The molecular formula is C27H39N5O3. The van der Waals surface area contributed by atoms with Gasteiger partial charge >= 0.3 is 0 Å². The molecule has 0 aliphatic rings. The van der Waals surface area contributed by atoms with E-state index in [2.05, 4.69) is 25.8 Å². The van der Waals surface area contributed by atoms with Crippen molar-refractivity contribution >= 4 is 23.3 Å². The molecular weight excluding hydrogens is 442 g/mol. The van der Waals surface area contributed by atoms with Gasteiger partial charge in [-0.1, -0.05) is 45.9 Å². The summed E-state index contributed by atoms with van der Waals surface area (Å²) in [5.41, 5.74) is 15.3. The maximum atomic E-state index is 12.7. The number of rotatable bonds is 7. The fourth-order valence-corrected chi connectivity index (χ4v) is 3.73. The summed E-state index contributed by atoms with van der Waals surface area (Å²) in [4.78, 5) is 23.1. The van der Waals surface area contributed by atoms with Gasteiger partial charge in [0.05, 0.1) is 18.2 Å². The lowest BCUT2D eigenvalue weighted by Crippen LogP contribution is -2.33. The van der Waals surface area contributed by atoms with Crippen LogP contribution in [0.15, 0.2) is 40.3 Å². The van der Waals surface area contributed by atoms with Gasteiger partial charge in [-0.15, -0.1) is 0 Å². The van der Waals surface area contributed by atoms with Gasteiger partial charge in [0.2, 0.25) is 0 Å². The number of carbonyl (C=O) groups is 1. The van der Waals surface area contributed by atoms with Crippen molar-refractivity contribution in [3.05, 3.63) is 52.6 Å². The standard InChI is InChI=1S/C27H39N5O3/c1-9-17-13-14-19(22(33)21(17)26(34)32(7)8)30-24(28)25(29)31-23(27(4,5)6)18-12-11-16(3)20(15-18)35-10-2/h11-15,23,33H,9-10H2,1-8H3,(H2,28,30)(H2,29,31)/t23-/m0/s1. The summed E-state index contributed by atoms with van der Waals surface area (Å²) in [6, 6.07) is 9.04. The SMILES string of the molecule is CCOc1cc([C@H](N=C(N)C(N)=Nc2ccc(CC)c(C(=O)N(C)C)c2O)C(C)(C)C)ccc1C. The lowest BCUT2D eigenvalue weighted by molar-refractivity contribution is 0.0823. The van der Waals surface area contributed by atoms with Crippen LogP contribution >= 0.6 is 0 Å². The molecule has 1 atom stereocenters. The number of carbonyl (C=O) groups excluding carboxylic acids is 1. The van der Waals surface area contributed by atoms with Crippen LogP contribution < -0.4 is 16.2 Å². The average molecular weight is 482 g/mol. The molecule has 8 nitrogen and oxygen atoms in total. The molecule has 8 heteroatoms. The molecule has 2 aromatic rings. The van der Waals surface area contributed by atoms with Crippen molar-refractivity contribution in [3.8, 4) is 11.5 Å². The van der Waals surface area contributed by atoms with Gasteiger partial charge in [0.1, 0.15) is 11.4 Å². The third-order valence-electron chi connectivity index (χ3n) is 5.66. The Hall–Kier alpha value is -3.55. The van der Waals surface area contributed by atoms with Gasteiger partial charge in [-0.25, -0.2) is 4.99 Å². The molecule has 0 aliphatic carbocycles. The van der Waals surface area contributed by atoms with Gasteiger partial charge in [0.15, 0.2) is 17.4 Å². The lowest BCUT2D eigenvalue weighted by atomic mass is 9.82. The van der Waals surface area contributed by atoms with Crippen molar-refractivity contribution in [3.63, 3.8) is 0 Å². The highest BCUT2D eigenvalue weighted by Gasteiger charge is 2.27. The first-order chi connectivity index (χ1) is 16.3. The van der Waals surface area contributed by atoms with Crippen molar-refractivity contribution in [1.82, 2.24) is 4.90 Å². The second-order valence-corrected chi connectivity index (χ2v) is 9.76. The fourth-order valence-electron chi connectivity index (χ4n) is 3.73. The zero-order valence-electron chi connectivity index (χ0n) is 22.1. The molecule has 0 bridgehead atoms. The zero-order valence-corrected chi connectivity index (χ0v) is 22.1. The number of phenolic OH excluding ortho intramolecular Hbond substituents is 1. The van der Waals surface area contributed by atoms with E-state index in [0.717, 1.165) is 22.4 Å². The Morgan fingerprint density at radius 1 is 1.11 bits per heavy atom. The van der Waals surface area contributed by atoms with E-state index in [1.165, 1.54) is 4.90 Å². The molecule has 0 heterocycles.